The summed E-state index contributed by atoms with van der Waals surface area (Å²) in [6.07, 6.45) is 0.642. The molecule has 2 rings (SSSR count). The van der Waals surface area contributed by atoms with Crippen molar-refractivity contribution in [2.75, 3.05) is 31.6 Å². The van der Waals surface area contributed by atoms with Crippen molar-refractivity contribution in [2.24, 2.45) is 0 Å². The van der Waals surface area contributed by atoms with Gasteiger partial charge in [0.15, 0.2) is 0 Å². The number of carbonyl (C=O) groups is 1. The average molecular weight is 329 g/mol. The van der Waals surface area contributed by atoms with E-state index in [1.807, 2.05) is 12.1 Å². The largest absolute Gasteiger partial charge is 0.489 e. The van der Waals surface area contributed by atoms with Gasteiger partial charge in [0.05, 0.1) is 7.11 Å². The topological polar surface area (TPSA) is 50.8 Å². The number of halogens is 1. The Bertz CT molecular complexity index is 480. The van der Waals surface area contributed by atoms with Crippen LogP contribution in [-0.2, 0) is 9.53 Å². The van der Waals surface area contributed by atoms with Gasteiger partial charge in [-0.2, -0.15) is 0 Å². The first-order valence-electron chi connectivity index (χ1n) is 7.50. The molecular formula is C16H25ClN2O3. The molecule has 1 N–H and O–H groups in total. The lowest BCUT2D eigenvalue weighted by molar-refractivity contribution is -0.142. The zero-order valence-corrected chi connectivity index (χ0v) is 14.2. The van der Waals surface area contributed by atoms with Crippen LogP contribution < -0.4 is 15.0 Å². The molecule has 1 aliphatic rings. The number of nitrogens with zero attached hydrogens (tertiary/aromatic N) is 1. The molecule has 1 aromatic rings. The van der Waals surface area contributed by atoms with Gasteiger partial charge in [-0.25, -0.2) is 0 Å². The van der Waals surface area contributed by atoms with Crippen LogP contribution >= 0.6 is 12.4 Å². The molecule has 1 fully saturated rings. The van der Waals surface area contributed by atoms with Gasteiger partial charge in [0.1, 0.15) is 17.9 Å². The molecule has 0 aromatic heterocycles. The van der Waals surface area contributed by atoms with Crippen LogP contribution in [0.15, 0.2) is 24.3 Å². The fourth-order valence-electron chi connectivity index (χ4n) is 2.65. The van der Waals surface area contributed by atoms with Crippen LogP contribution in [0.25, 0.3) is 0 Å². The highest BCUT2D eigenvalue weighted by molar-refractivity contribution is 5.85. The van der Waals surface area contributed by atoms with Crippen molar-refractivity contribution in [1.82, 2.24) is 5.32 Å². The molecule has 0 bridgehead atoms. The third-order valence-corrected chi connectivity index (χ3v) is 3.83. The van der Waals surface area contributed by atoms with Gasteiger partial charge in [-0.3, -0.25) is 4.79 Å². The van der Waals surface area contributed by atoms with Crippen molar-refractivity contribution in [2.45, 2.75) is 32.4 Å². The quantitative estimate of drug-likeness (QED) is 0.812. The second-order valence-electron chi connectivity index (χ2n) is 5.13. The Morgan fingerprint density at radius 2 is 2.09 bits per heavy atom. The van der Waals surface area contributed by atoms with Crippen LogP contribution in [0.5, 0.6) is 5.75 Å². The number of ether oxygens (including phenoxy) is 2. The second kappa shape index (κ2) is 8.86. The van der Waals surface area contributed by atoms with E-state index in [2.05, 4.69) is 36.2 Å². The lowest BCUT2D eigenvalue weighted by Crippen LogP contribution is -2.31. The summed E-state index contributed by atoms with van der Waals surface area (Å²) in [5.41, 5.74) is 1.16. The fraction of sp³-hybridized carbons (Fsp3) is 0.562. The fourth-order valence-corrected chi connectivity index (χ4v) is 2.65. The predicted molar refractivity (Wildman–Crippen MR) is 90.1 cm³/mol. The maximum absolute atomic E-state index is 11.5. The Balaban J connectivity index is 0.00000242. The van der Waals surface area contributed by atoms with Gasteiger partial charge in [0.2, 0.25) is 0 Å². The maximum atomic E-state index is 11.5. The van der Waals surface area contributed by atoms with E-state index in [9.17, 15) is 4.79 Å². The third-order valence-electron chi connectivity index (χ3n) is 3.83. The molecule has 1 aliphatic heterocycles. The molecular weight excluding hydrogens is 304 g/mol. The highest BCUT2D eigenvalue weighted by atomic mass is 35.5. The number of methoxy groups -OCH3 is 1. The summed E-state index contributed by atoms with van der Waals surface area (Å²) < 4.78 is 10.7. The van der Waals surface area contributed by atoms with E-state index in [4.69, 9.17) is 9.47 Å². The van der Waals surface area contributed by atoms with Gasteiger partial charge >= 0.3 is 5.97 Å². The summed E-state index contributed by atoms with van der Waals surface area (Å²) >= 11 is 0. The van der Waals surface area contributed by atoms with Crippen molar-refractivity contribution >= 4 is 24.1 Å². The summed E-state index contributed by atoms with van der Waals surface area (Å²) in [5.74, 6) is 0.620. The van der Waals surface area contributed by atoms with Crippen LogP contribution in [0.4, 0.5) is 5.69 Å². The third kappa shape index (κ3) is 4.52. The summed E-state index contributed by atoms with van der Waals surface area (Å²) in [6.45, 7) is 6.87. The van der Waals surface area contributed by atoms with E-state index in [1.165, 1.54) is 7.11 Å². The van der Waals surface area contributed by atoms with Crippen molar-refractivity contribution < 1.29 is 14.3 Å². The second-order valence-corrected chi connectivity index (χ2v) is 5.13. The highest BCUT2D eigenvalue weighted by Gasteiger charge is 2.31. The molecule has 1 heterocycles. The number of benzene rings is 1. The van der Waals surface area contributed by atoms with E-state index in [0.717, 1.165) is 24.5 Å². The Kier molecular flexibility index (Phi) is 7.48. The van der Waals surface area contributed by atoms with E-state index in [-0.39, 0.29) is 30.5 Å². The normalized spacial score (nSPS) is 20.1. The molecule has 0 saturated carbocycles. The number of hydrogen-bond donors (Lipinski definition) is 1. The lowest BCUT2D eigenvalue weighted by atomic mass is 10.2. The predicted octanol–water partition coefficient (Wildman–Crippen LogP) is 2.24. The lowest BCUT2D eigenvalue weighted by Gasteiger charge is -2.22. The molecule has 0 radical (unpaired) electrons. The first-order valence-corrected chi connectivity index (χ1v) is 7.50. The van der Waals surface area contributed by atoms with Gasteiger partial charge in [-0.1, -0.05) is 6.07 Å². The molecule has 0 amide bonds. The molecule has 0 aliphatic carbocycles. The summed E-state index contributed by atoms with van der Waals surface area (Å²) in [6, 6.07) is 7.84. The number of anilines is 1. The molecule has 22 heavy (non-hydrogen) atoms. The first kappa shape index (κ1) is 18.6. The van der Waals surface area contributed by atoms with E-state index >= 15 is 0 Å². The molecule has 1 saturated heterocycles. The smallest absolute Gasteiger partial charge is 0.323 e. The minimum atomic E-state index is -0.258. The Labute approximate surface area is 138 Å². The summed E-state index contributed by atoms with van der Waals surface area (Å²) in [4.78, 5) is 13.8. The van der Waals surface area contributed by atoms with Crippen molar-refractivity contribution in [3.63, 3.8) is 0 Å². The zero-order chi connectivity index (χ0) is 15.2. The van der Waals surface area contributed by atoms with Crippen LogP contribution in [0, 0.1) is 0 Å². The summed E-state index contributed by atoms with van der Waals surface area (Å²) in [5, 5.41) is 3.13. The molecule has 2 atom stereocenters. The van der Waals surface area contributed by atoms with Gasteiger partial charge in [0, 0.05) is 37.8 Å². The Hall–Kier alpha value is -1.46. The molecule has 1 aromatic carbocycles. The molecule has 2 unspecified atom stereocenters. The summed E-state index contributed by atoms with van der Waals surface area (Å²) in [7, 11) is 1.41. The van der Waals surface area contributed by atoms with E-state index < -0.39 is 0 Å². The number of hydrogen-bond acceptors (Lipinski definition) is 5. The van der Waals surface area contributed by atoms with Crippen molar-refractivity contribution in [1.29, 1.82) is 0 Å². The van der Waals surface area contributed by atoms with Gasteiger partial charge in [0.25, 0.3) is 0 Å². The first-order chi connectivity index (χ1) is 10.2. The highest BCUT2D eigenvalue weighted by Crippen LogP contribution is 2.23. The average Bonchev–Trinajstić information content (AvgIpc) is 2.96. The van der Waals surface area contributed by atoms with E-state index in [1.54, 1.807) is 0 Å². The molecule has 0 spiro atoms. The molecule has 6 heteroatoms. The molecule has 124 valence electrons. The number of carbonyl (C=O) groups excluding carboxylic acids is 1. The van der Waals surface area contributed by atoms with Crippen molar-refractivity contribution in [3.05, 3.63) is 24.3 Å². The van der Waals surface area contributed by atoms with Gasteiger partial charge in [-0.15, -0.1) is 12.4 Å². The standard InChI is InChI=1S/C16H24N2O3.ClH/c1-4-18(5-2)12-7-6-8-13(9-12)21-14-10-15(17-11-14)16(19)20-3;/h6-9,14-15,17H,4-5,10-11H2,1-3H3;1H. The minimum absolute atomic E-state index is 0. The van der Waals surface area contributed by atoms with Crippen LogP contribution in [-0.4, -0.2) is 44.9 Å². The Morgan fingerprint density at radius 1 is 1.36 bits per heavy atom. The number of esters is 1. The minimum Gasteiger partial charge on any atom is -0.489 e. The van der Waals surface area contributed by atoms with E-state index in [0.29, 0.717) is 13.0 Å². The monoisotopic (exact) mass is 328 g/mol. The van der Waals surface area contributed by atoms with Crippen LogP contribution in [0.1, 0.15) is 20.3 Å². The number of rotatable bonds is 6. The molecule has 5 nitrogen and oxygen atoms in total. The van der Waals surface area contributed by atoms with Crippen LogP contribution in [0.3, 0.4) is 0 Å². The van der Waals surface area contributed by atoms with Gasteiger partial charge in [-0.05, 0) is 26.0 Å². The van der Waals surface area contributed by atoms with Crippen LogP contribution in [0.2, 0.25) is 0 Å². The SMILES string of the molecule is CCN(CC)c1cccc(OC2CNC(C(=O)OC)C2)c1.Cl. The zero-order valence-electron chi connectivity index (χ0n) is 13.4. The maximum Gasteiger partial charge on any atom is 0.323 e. The van der Waals surface area contributed by atoms with Gasteiger partial charge < -0.3 is 19.7 Å². The van der Waals surface area contributed by atoms with Crippen molar-refractivity contribution in [3.8, 4) is 5.75 Å². The number of nitrogens with one attached hydrogen (secondary N) is 1. The Morgan fingerprint density at radius 3 is 2.73 bits per heavy atom.